The highest BCUT2D eigenvalue weighted by molar-refractivity contribution is 5.93. The monoisotopic (exact) mass is 223 g/mol. The molecule has 0 fully saturated rings. The van der Waals surface area contributed by atoms with Crippen molar-refractivity contribution < 1.29 is 9.90 Å². The highest BCUT2D eigenvalue weighted by atomic mass is 16.4. The van der Waals surface area contributed by atoms with Gasteiger partial charge in [0.2, 0.25) is 0 Å². The maximum Gasteiger partial charge on any atom is 0.339 e. The summed E-state index contributed by atoms with van der Waals surface area (Å²) in [6.45, 7) is 2.76. The molecule has 1 atom stereocenters. The Morgan fingerprint density at radius 2 is 2.31 bits per heavy atom. The van der Waals surface area contributed by atoms with Crippen LogP contribution >= 0.6 is 0 Å². The number of carboxylic acid groups (broad SMARTS) is 1. The lowest BCUT2D eigenvalue weighted by molar-refractivity contribution is 0.0697. The first-order chi connectivity index (χ1) is 7.52. The molecule has 0 aliphatic rings. The molecular weight excluding hydrogens is 206 g/mol. The van der Waals surface area contributed by atoms with E-state index in [1.807, 2.05) is 14.1 Å². The van der Waals surface area contributed by atoms with Crippen LogP contribution < -0.4 is 5.32 Å². The number of hydrogen-bond donors (Lipinski definition) is 2. The number of rotatable bonds is 5. The number of nitrogens with zero attached hydrogens (tertiary/aromatic N) is 2. The zero-order valence-electron chi connectivity index (χ0n) is 9.77. The second kappa shape index (κ2) is 5.46. The van der Waals surface area contributed by atoms with Crippen molar-refractivity contribution >= 4 is 11.7 Å². The summed E-state index contributed by atoms with van der Waals surface area (Å²) < 4.78 is 0. The molecule has 16 heavy (non-hydrogen) atoms. The molecule has 1 unspecified atom stereocenters. The van der Waals surface area contributed by atoms with E-state index < -0.39 is 5.97 Å². The van der Waals surface area contributed by atoms with Gasteiger partial charge < -0.3 is 15.3 Å². The summed E-state index contributed by atoms with van der Waals surface area (Å²) >= 11 is 0. The standard InChI is InChI=1S/C11H17N3O2/c1-8(14(2)3)6-13-10-4-5-12-7-9(10)11(15)16/h4-5,7-8H,6H2,1-3H3,(H,12,13)(H,15,16). The van der Waals surface area contributed by atoms with Gasteiger partial charge in [0.25, 0.3) is 0 Å². The fourth-order valence-electron chi connectivity index (χ4n) is 1.16. The first-order valence-corrected chi connectivity index (χ1v) is 5.10. The first kappa shape index (κ1) is 12.4. The van der Waals surface area contributed by atoms with Gasteiger partial charge in [-0.25, -0.2) is 4.79 Å². The molecule has 5 nitrogen and oxygen atoms in total. The van der Waals surface area contributed by atoms with Gasteiger partial charge >= 0.3 is 5.97 Å². The van der Waals surface area contributed by atoms with E-state index in [-0.39, 0.29) is 5.56 Å². The molecular formula is C11H17N3O2. The van der Waals surface area contributed by atoms with E-state index in [2.05, 4.69) is 22.1 Å². The van der Waals surface area contributed by atoms with Crippen LogP contribution in [0.2, 0.25) is 0 Å². The topological polar surface area (TPSA) is 65.5 Å². The molecule has 0 spiro atoms. The fraction of sp³-hybridized carbons (Fsp3) is 0.455. The van der Waals surface area contributed by atoms with Crippen LogP contribution in [0.15, 0.2) is 18.5 Å². The minimum absolute atomic E-state index is 0.202. The zero-order valence-corrected chi connectivity index (χ0v) is 9.77. The van der Waals surface area contributed by atoms with Crippen LogP contribution in [-0.4, -0.2) is 47.6 Å². The van der Waals surface area contributed by atoms with Gasteiger partial charge in [0.05, 0.1) is 5.69 Å². The Kier molecular flexibility index (Phi) is 4.25. The third-order valence-electron chi connectivity index (χ3n) is 2.52. The molecule has 1 aromatic heterocycles. The first-order valence-electron chi connectivity index (χ1n) is 5.10. The number of carbonyl (C=O) groups is 1. The van der Waals surface area contributed by atoms with Gasteiger partial charge in [-0.1, -0.05) is 0 Å². The number of aromatic carboxylic acids is 1. The van der Waals surface area contributed by atoms with Gasteiger partial charge in [-0.2, -0.15) is 0 Å². The Labute approximate surface area is 95.1 Å². The normalized spacial score (nSPS) is 12.5. The maximum atomic E-state index is 10.9. The molecule has 88 valence electrons. The van der Waals surface area contributed by atoms with Crippen LogP contribution in [0.25, 0.3) is 0 Å². The SMILES string of the molecule is CC(CNc1ccncc1C(=O)O)N(C)C. The second-order valence-corrected chi connectivity index (χ2v) is 3.92. The van der Waals surface area contributed by atoms with Crippen molar-refractivity contribution in [3.63, 3.8) is 0 Å². The molecule has 0 saturated heterocycles. The molecule has 0 radical (unpaired) electrons. The highest BCUT2D eigenvalue weighted by Crippen LogP contribution is 2.13. The van der Waals surface area contributed by atoms with Gasteiger partial charge in [0.15, 0.2) is 0 Å². The van der Waals surface area contributed by atoms with Crippen molar-refractivity contribution in [3.8, 4) is 0 Å². The maximum absolute atomic E-state index is 10.9. The van der Waals surface area contributed by atoms with Crippen LogP contribution in [0.1, 0.15) is 17.3 Å². The van der Waals surface area contributed by atoms with Crippen molar-refractivity contribution in [3.05, 3.63) is 24.0 Å². The average Bonchev–Trinajstić information content (AvgIpc) is 2.25. The molecule has 1 rings (SSSR count). The molecule has 1 heterocycles. The van der Waals surface area contributed by atoms with Crippen LogP contribution in [0.5, 0.6) is 0 Å². The summed E-state index contributed by atoms with van der Waals surface area (Å²) in [6, 6.07) is 2.00. The zero-order chi connectivity index (χ0) is 12.1. The number of anilines is 1. The lowest BCUT2D eigenvalue weighted by Gasteiger charge is -2.21. The molecule has 0 amide bonds. The van der Waals surface area contributed by atoms with Crippen molar-refractivity contribution in [2.45, 2.75) is 13.0 Å². The Morgan fingerprint density at radius 3 is 2.88 bits per heavy atom. The number of aromatic nitrogens is 1. The summed E-state index contributed by atoms with van der Waals surface area (Å²) in [6.07, 6.45) is 2.93. The number of pyridine rings is 1. The Balaban J connectivity index is 2.70. The van der Waals surface area contributed by atoms with Crippen molar-refractivity contribution in [1.29, 1.82) is 0 Å². The van der Waals surface area contributed by atoms with E-state index in [1.165, 1.54) is 6.20 Å². The third-order valence-corrected chi connectivity index (χ3v) is 2.52. The van der Waals surface area contributed by atoms with Crippen LogP contribution in [0, 0.1) is 0 Å². The van der Waals surface area contributed by atoms with E-state index in [0.717, 1.165) is 0 Å². The fourth-order valence-corrected chi connectivity index (χ4v) is 1.16. The van der Waals surface area contributed by atoms with Crippen LogP contribution in [-0.2, 0) is 0 Å². The van der Waals surface area contributed by atoms with E-state index in [1.54, 1.807) is 12.3 Å². The Morgan fingerprint density at radius 1 is 1.62 bits per heavy atom. The minimum Gasteiger partial charge on any atom is -0.478 e. The van der Waals surface area contributed by atoms with Gasteiger partial charge in [0, 0.05) is 25.0 Å². The molecule has 0 saturated carbocycles. The molecule has 0 bridgehead atoms. The van der Waals surface area contributed by atoms with Gasteiger partial charge in [-0.15, -0.1) is 0 Å². The quantitative estimate of drug-likeness (QED) is 0.783. The lowest BCUT2D eigenvalue weighted by Crippen LogP contribution is -2.31. The average molecular weight is 223 g/mol. The van der Waals surface area contributed by atoms with Crippen LogP contribution in [0.4, 0.5) is 5.69 Å². The third kappa shape index (κ3) is 3.20. The number of carboxylic acids is 1. The van der Waals surface area contributed by atoms with Gasteiger partial charge in [-0.05, 0) is 27.1 Å². The minimum atomic E-state index is -0.965. The van der Waals surface area contributed by atoms with Crippen molar-refractivity contribution in [2.75, 3.05) is 26.0 Å². The lowest BCUT2D eigenvalue weighted by atomic mass is 10.2. The Hall–Kier alpha value is -1.62. The van der Waals surface area contributed by atoms with E-state index >= 15 is 0 Å². The summed E-state index contributed by atoms with van der Waals surface area (Å²) in [4.78, 5) is 16.8. The largest absolute Gasteiger partial charge is 0.478 e. The van der Waals surface area contributed by atoms with E-state index in [9.17, 15) is 4.79 Å². The summed E-state index contributed by atoms with van der Waals surface area (Å²) in [5.74, 6) is -0.965. The van der Waals surface area contributed by atoms with E-state index in [0.29, 0.717) is 18.3 Å². The second-order valence-electron chi connectivity index (χ2n) is 3.92. The van der Waals surface area contributed by atoms with Crippen molar-refractivity contribution in [1.82, 2.24) is 9.88 Å². The van der Waals surface area contributed by atoms with Crippen molar-refractivity contribution in [2.24, 2.45) is 0 Å². The molecule has 0 aliphatic heterocycles. The predicted octanol–water partition coefficient (Wildman–Crippen LogP) is 1.14. The predicted molar refractivity (Wildman–Crippen MR) is 62.8 cm³/mol. The summed E-state index contributed by atoms with van der Waals surface area (Å²) in [5, 5.41) is 12.1. The molecule has 5 heteroatoms. The van der Waals surface area contributed by atoms with E-state index in [4.69, 9.17) is 5.11 Å². The molecule has 1 aromatic rings. The summed E-state index contributed by atoms with van der Waals surface area (Å²) in [7, 11) is 3.97. The number of likely N-dealkylation sites (N-methyl/N-ethyl adjacent to an activating group) is 1. The molecule has 2 N–H and O–H groups in total. The van der Waals surface area contributed by atoms with Crippen LogP contribution in [0.3, 0.4) is 0 Å². The Bertz CT molecular complexity index is 366. The number of nitrogens with one attached hydrogen (secondary N) is 1. The smallest absolute Gasteiger partial charge is 0.339 e. The van der Waals surface area contributed by atoms with Gasteiger partial charge in [-0.3, -0.25) is 4.98 Å². The summed E-state index contributed by atoms with van der Waals surface area (Å²) in [5.41, 5.74) is 0.810. The molecule has 0 aliphatic carbocycles. The highest BCUT2D eigenvalue weighted by Gasteiger charge is 2.10. The van der Waals surface area contributed by atoms with Gasteiger partial charge in [0.1, 0.15) is 5.56 Å². The number of hydrogen-bond acceptors (Lipinski definition) is 4. The molecule has 0 aromatic carbocycles.